The molecule has 1 aliphatic rings. The van der Waals surface area contributed by atoms with E-state index in [9.17, 15) is 0 Å². The first-order valence-corrected chi connectivity index (χ1v) is 4.89. The number of anilines is 1. The Morgan fingerprint density at radius 2 is 2.14 bits per heavy atom. The average Bonchev–Trinajstić information content (AvgIpc) is 2.72. The molecule has 0 unspecified atom stereocenters. The van der Waals surface area contributed by atoms with Gasteiger partial charge in [-0.25, -0.2) is 0 Å². The van der Waals surface area contributed by atoms with Crippen LogP contribution in [0.2, 0.25) is 0 Å². The summed E-state index contributed by atoms with van der Waals surface area (Å²) in [5.41, 5.74) is 1.18. The van der Waals surface area contributed by atoms with Gasteiger partial charge in [-0.1, -0.05) is 0 Å². The maximum absolute atomic E-state index is 5.37. The van der Waals surface area contributed by atoms with Crippen molar-refractivity contribution >= 4 is 12.0 Å². The van der Waals surface area contributed by atoms with E-state index in [-0.39, 0.29) is 0 Å². The first-order valence-electron chi connectivity index (χ1n) is 4.89. The number of hydrogen-bond donors (Lipinski definition) is 0. The minimum absolute atomic E-state index is 0.713. The standard InChI is InChI=1S/C11H14N2O/c1-2-14-11-5-3-10(4-6-11)13-8-7-12-9-13/h3-6,9H,2,7-8H2,1H3. The summed E-state index contributed by atoms with van der Waals surface area (Å²) < 4.78 is 5.37. The zero-order valence-electron chi connectivity index (χ0n) is 8.31. The normalized spacial score (nSPS) is 14.8. The first-order chi connectivity index (χ1) is 6.90. The largest absolute Gasteiger partial charge is 0.494 e. The molecular weight excluding hydrogens is 176 g/mol. The summed E-state index contributed by atoms with van der Waals surface area (Å²) in [5.74, 6) is 0.924. The Balaban J connectivity index is 2.09. The van der Waals surface area contributed by atoms with Crippen LogP contribution in [0.15, 0.2) is 29.3 Å². The second-order valence-electron chi connectivity index (χ2n) is 3.14. The van der Waals surface area contributed by atoms with E-state index in [2.05, 4.69) is 22.0 Å². The summed E-state index contributed by atoms with van der Waals surface area (Å²) in [6.45, 7) is 4.58. The smallest absolute Gasteiger partial charge is 0.119 e. The number of aliphatic imine (C=N–C) groups is 1. The highest BCUT2D eigenvalue weighted by molar-refractivity contribution is 5.80. The molecule has 0 saturated carbocycles. The van der Waals surface area contributed by atoms with Crippen LogP contribution in [-0.2, 0) is 0 Å². The fourth-order valence-corrected chi connectivity index (χ4v) is 1.48. The predicted molar refractivity (Wildman–Crippen MR) is 58.3 cm³/mol. The minimum atomic E-state index is 0.713. The molecule has 0 N–H and O–H groups in total. The van der Waals surface area contributed by atoms with E-state index in [1.54, 1.807) is 0 Å². The Kier molecular flexibility index (Phi) is 2.68. The lowest BCUT2D eigenvalue weighted by Crippen LogP contribution is -2.17. The van der Waals surface area contributed by atoms with Crippen LogP contribution in [0, 0.1) is 0 Å². The van der Waals surface area contributed by atoms with E-state index in [1.165, 1.54) is 5.69 Å². The minimum Gasteiger partial charge on any atom is -0.494 e. The van der Waals surface area contributed by atoms with Gasteiger partial charge in [-0.2, -0.15) is 0 Å². The summed E-state index contributed by atoms with van der Waals surface area (Å²) in [5, 5.41) is 0. The number of ether oxygens (including phenoxy) is 1. The highest BCUT2D eigenvalue weighted by Crippen LogP contribution is 2.19. The topological polar surface area (TPSA) is 24.8 Å². The zero-order chi connectivity index (χ0) is 9.80. The fraction of sp³-hybridized carbons (Fsp3) is 0.364. The Bertz CT molecular complexity index is 319. The quantitative estimate of drug-likeness (QED) is 0.727. The summed E-state index contributed by atoms with van der Waals surface area (Å²) in [6, 6.07) is 8.10. The van der Waals surface area contributed by atoms with Crippen LogP contribution in [0.5, 0.6) is 5.75 Å². The van der Waals surface area contributed by atoms with Crippen molar-refractivity contribution in [3.63, 3.8) is 0 Å². The highest BCUT2D eigenvalue weighted by Gasteiger charge is 2.07. The van der Waals surface area contributed by atoms with E-state index in [4.69, 9.17) is 4.74 Å². The molecule has 14 heavy (non-hydrogen) atoms. The van der Waals surface area contributed by atoms with Crippen molar-refractivity contribution in [1.82, 2.24) is 0 Å². The molecule has 0 bridgehead atoms. The Labute approximate surface area is 84.0 Å². The van der Waals surface area contributed by atoms with Crippen LogP contribution in [-0.4, -0.2) is 26.0 Å². The molecule has 0 amide bonds. The molecule has 0 spiro atoms. The molecule has 1 aromatic rings. The molecule has 2 rings (SSSR count). The van der Waals surface area contributed by atoms with Crippen LogP contribution >= 0.6 is 0 Å². The molecule has 3 nitrogen and oxygen atoms in total. The lowest BCUT2D eigenvalue weighted by Gasteiger charge is -2.14. The zero-order valence-corrected chi connectivity index (χ0v) is 8.31. The number of hydrogen-bond acceptors (Lipinski definition) is 3. The van der Waals surface area contributed by atoms with Crippen molar-refractivity contribution in [2.45, 2.75) is 6.92 Å². The van der Waals surface area contributed by atoms with Gasteiger partial charge in [0.05, 0.1) is 19.5 Å². The highest BCUT2D eigenvalue weighted by atomic mass is 16.5. The van der Waals surface area contributed by atoms with E-state index in [0.717, 1.165) is 18.8 Å². The molecule has 0 aromatic heterocycles. The fourth-order valence-electron chi connectivity index (χ4n) is 1.48. The molecular formula is C11H14N2O. The maximum atomic E-state index is 5.37. The van der Waals surface area contributed by atoms with Gasteiger partial charge in [-0.05, 0) is 31.2 Å². The number of benzene rings is 1. The molecule has 74 valence electrons. The van der Waals surface area contributed by atoms with E-state index >= 15 is 0 Å². The second kappa shape index (κ2) is 4.13. The Morgan fingerprint density at radius 3 is 2.71 bits per heavy atom. The lowest BCUT2D eigenvalue weighted by atomic mass is 10.3. The third-order valence-corrected chi connectivity index (χ3v) is 2.17. The van der Waals surface area contributed by atoms with Gasteiger partial charge >= 0.3 is 0 Å². The van der Waals surface area contributed by atoms with Gasteiger partial charge in [0.2, 0.25) is 0 Å². The molecule has 0 atom stereocenters. The second-order valence-corrected chi connectivity index (χ2v) is 3.14. The monoisotopic (exact) mass is 190 g/mol. The van der Waals surface area contributed by atoms with Gasteiger partial charge in [0, 0.05) is 12.2 Å². The molecule has 1 aliphatic heterocycles. The predicted octanol–water partition coefficient (Wildman–Crippen LogP) is 1.93. The van der Waals surface area contributed by atoms with E-state index < -0.39 is 0 Å². The van der Waals surface area contributed by atoms with E-state index in [1.807, 2.05) is 25.4 Å². The average molecular weight is 190 g/mol. The van der Waals surface area contributed by atoms with Crippen molar-refractivity contribution in [2.24, 2.45) is 4.99 Å². The Hall–Kier alpha value is -1.51. The van der Waals surface area contributed by atoms with Crippen molar-refractivity contribution in [3.05, 3.63) is 24.3 Å². The van der Waals surface area contributed by atoms with Gasteiger partial charge in [0.25, 0.3) is 0 Å². The van der Waals surface area contributed by atoms with Crippen LogP contribution in [0.25, 0.3) is 0 Å². The SMILES string of the molecule is CCOc1ccc(N2C=NCC2)cc1. The van der Waals surface area contributed by atoms with Crippen molar-refractivity contribution in [2.75, 3.05) is 24.6 Å². The molecule has 3 heteroatoms. The van der Waals surface area contributed by atoms with Gasteiger partial charge in [0.1, 0.15) is 5.75 Å². The van der Waals surface area contributed by atoms with Crippen LogP contribution < -0.4 is 9.64 Å². The van der Waals surface area contributed by atoms with Gasteiger partial charge in [-0.15, -0.1) is 0 Å². The molecule has 0 radical (unpaired) electrons. The molecule has 1 aromatic carbocycles. The van der Waals surface area contributed by atoms with E-state index in [0.29, 0.717) is 6.61 Å². The van der Waals surface area contributed by atoms with Crippen molar-refractivity contribution in [1.29, 1.82) is 0 Å². The maximum Gasteiger partial charge on any atom is 0.119 e. The molecule has 0 aliphatic carbocycles. The number of nitrogens with zero attached hydrogens (tertiary/aromatic N) is 2. The molecule has 1 heterocycles. The molecule has 0 saturated heterocycles. The van der Waals surface area contributed by atoms with Crippen LogP contribution in [0.1, 0.15) is 6.92 Å². The third-order valence-electron chi connectivity index (χ3n) is 2.17. The summed E-state index contributed by atoms with van der Waals surface area (Å²) in [7, 11) is 0. The third kappa shape index (κ3) is 1.87. The van der Waals surface area contributed by atoms with Gasteiger partial charge in [0.15, 0.2) is 0 Å². The van der Waals surface area contributed by atoms with Crippen molar-refractivity contribution < 1.29 is 4.74 Å². The van der Waals surface area contributed by atoms with Crippen LogP contribution in [0.4, 0.5) is 5.69 Å². The number of rotatable bonds is 3. The lowest BCUT2D eigenvalue weighted by molar-refractivity contribution is 0.340. The summed E-state index contributed by atoms with van der Waals surface area (Å²) in [6.07, 6.45) is 1.88. The Morgan fingerprint density at radius 1 is 1.36 bits per heavy atom. The molecule has 0 fully saturated rings. The van der Waals surface area contributed by atoms with Crippen molar-refractivity contribution in [3.8, 4) is 5.75 Å². The van der Waals surface area contributed by atoms with Gasteiger partial charge < -0.3 is 9.64 Å². The van der Waals surface area contributed by atoms with Gasteiger partial charge in [-0.3, -0.25) is 4.99 Å². The summed E-state index contributed by atoms with van der Waals surface area (Å²) >= 11 is 0. The van der Waals surface area contributed by atoms with Crippen LogP contribution in [0.3, 0.4) is 0 Å². The first kappa shape index (κ1) is 9.06. The summed E-state index contributed by atoms with van der Waals surface area (Å²) in [4.78, 5) is 6.30.